The van der Waals surface area contributed by atoms with Crippen molar-refractivity contribution in [3.63, 3.8) is 0 Å². The average Bonchev–Trinajstić information content (AvgIpc) is 2.30. The number of halogens is 1. The Morgan fingerprint density at radius 2 is 1.94 bits per heavy atom. The molecule has 0 saturated heterocycles. The summed E-state index contributed by atoms with van der Waals surface area (Å²) in [5, 5.41) is 3.74. The van der Waals surface area contributed by atoms with Gasteiger partial charge in [0.15, 0.2) is 0 Å². The van der Waals surface area contributed by atoms with Gasteiger partial charge >= 0.3 is 0 Å². The highest BCUT2D eigenvalue weighted by Crippen LogP contribution is 2.11. The number of hydrogen-bond acceptors (Lipinski definition) is 2. The molecule has 1 rings (SSSR count). The summed E-state index contributed by atoms with van der Waals surface area (Å²) in [6, 6.07) is 7.86. The number of benzene rings is 1. The van der Waals surface area contributed by atoms with E-state index < -0.39 is 0 Å². The lowest BCUT2D eigenvalue weighted by Crippen LogP contribution is -2.38. The van der Waals surface area contributed by atoms with Crippen molar-refractivity contribution < 1.29 is 4.79 Å². The number of amides is 1. The summed E-state index contributed by atoms with van der Waals surface area (Å²) >= 11 is 7.37. The first kappa shape index (κ1) is 14.4. The minimum Gasteiger partial charge on any atom is -0.352 e. The third-order valence-electron chi connectivity index (χ3n) is 2.57. The minimum absolute atomic E-state index is 0.00247. The Labute approximate surface area is 112 Å². The second kappa shape index (κ2) is 6.92. The first-order chi connectivity index (χ1) is 8.02. The molecule has 1 amide bonds. The van der Waals surface area contributed by atoms with E-state index in [1.165, 1.54) is 5.56 Å². The van der Waals surface area contributed by atoms with Gasteiger partial charge < -0.3 is 5.32 Å². The molecule has 0 bridgehead atoms. The number of carbonyl (C=O) groups is 1. The van der Waals surface area contributed by atoms with Gasteiger partial charge in [-0.3, -0.25) is 4.79 Å². The molecule has 0 aliphatic carbocycles. The van der Waals surface area contributed by atoms with Gasteiger partial charge in [-0.1, -0.05) is 23.7 Å². The van der Waals surface area contributed by atoms with E-state index in [0.29, 0.717) is 0 Å². The minimum atomic E-state index is 0.00247. The van der Waals surface area contributed by atoms with Crippen LogP contribution in [0.5, 0.6) is 0 Å². The van der Waals surface area contributed by atoms with Crippen LogP contribution >= 0.6 is 23.4 Å². The van der Waals surface area contributed by atoms with Crippen molar-refractivity contribution in [2.45, 2.75) is 31.6 Å². The maximum absolute atomic E-state index is 11.7. The molecule has 2 atom stereocenters. The number of hydrogen-bond donors (Lipinski definition) is 1. The van der Waals surface area contributed by atoms with Gasteiger partial charge in [0.05, 0.1) is 5.25 Å². The van der Waals surface area contributed by atoms with Crippen LogP contribution in [0.15, 0.2) is 24.3 Å². The van der Waals surface area contributed by atoms with E-state index in [-0.39, 0.29) is 17.2 Å². The molecule has 1 aromatic carbocycles. The second-order valence-corrected chi connectivity index (χ2v) is 5.73. The van der Waals surface area contributed by atoms with E-state index >= 15 is 0 Å². The predicted molar refractivity (Wildman–Crippen MR) is 75.7 cm³/mol. The van der Waals surface area contributed by atoms with Crippen molar-refractivity contribution in [3.8, 4) is 0 Å². The third-order valence-corrected chi connectivity index (χ3v) is 3.74. The Kier molecular flexibility index (Phi) is 5.86. The van der Waals surface area contributed by atoms with Gasteiger partial charge in [0, 0.05) is 11.1 Å². The molecule has 2 nitrogen and oxygen atoms in total. The summed E-state index contributed by atoms with van der Waals surface area (Å²) in [6.07, 6.45) is 2.76. The topological polar surface area (TPSA) is 29.1 Å². The van der Waals surface area contributed by atoms with Gasteiger partial charge in [-0.2, -0.15) is 11.8 Å². The summed E-state index contributed by atoms with van der Waals surface area (Å²) in [6.45, 7) is 3.93. The molecule has 0 unspecified atom stereocenters. The first-order valence-corrected chi connectivity index (χ1v) is 7.27. The van der Waals surface area contributed by atoms with E-state index in [4.69, 9.17) is 11.6 Å². The summed E-state index contributed by atoms with van der Waals surface area (Å²) < 4.78 is 0. The molecular formula is C13H18ClNOS. The molecule has 4 heteroatoms. The normalized spacial score (nSPS) is 14.1. The van der Waals surface area contributed by atoms with Crippen LogP contribution in [0.3, 0.4) is 0 Å². The van der Waals surface area contributed by atoms with E-state index in [1.807, 2.05) is 44.4 Å². The Hall–Kier alpha value is -0.670. The predicted octanol–water partition coefficient (Wildman–Crippen LogP) is 3.14. The van der Waals surface area contributed by atoms with Crippen LogP contribution in [0.4, 0.5) is 0 Å². The number of carbonyl (C=O) groups excluding carboxylic acids is 1. The zero-order chi connectivity index (χ0) is 12.8. The molecular weight excluding hydrogens is 254 g/mol. The van der Waals surface area contributed by atoms with Gasteiger partial charge in [0.25, 0.3) is 0 Å². The van der Waals surface area contributed by atoms with Crippen molar-refractivity contribution >= 4 is 29.3 Å². The molecule has 0 spiro atoms. The van der Waals surface area contributed by atoms with E-state index in [9.17, 15) is 4.79 Å². The molecule has 17 heavy (non-hydrogen) atoms. The molecule has 0 aliphatic heterocycles. The van der Waals surface area contributed by atoms with Crippen LogP contribution < -0.4 is 5.32 Å². The van der Waals surface area contributed by atoms with Gasteiger partial charge in [0.1, 0.15) is 0 Å². The molecule has 0 radical (unpaired) electrons. The highest BCUT2D eigenvalue weighted by molar-refractivity contribution is 7.99. The van der Waals surface area contributed by atoms with Gasteiger partial charge in [-0.25, -0.2) is 0 Å². The Bertz CT molecular complexity index is 366. The third kappa shape index (κ3) is 5.00. The van der Waals surface area contributed by atoms with Crippen molar-refractivity contribution in [1.29, 1.82) is 0 Å². The first-order valence-electron chi connectivity index (χ1n) is 5.60. The average molecular weight is 272 g/mol. The van der Waals surface area contributed by atoms with E-state index in [0.717, 1.165) is 11.4 Å². The lowest BCUT2D eigenvalue weighted by atomic mass is 10.1. The lowest BCUT2D eigenvalue weighted by molar-refractivity contribution is -0.120. The van der Waals surface area contributed by atoms with Crippen molar-refractivity contribution in [2.24, 2.45) is 0 Å². The molecule has 1 N–H and O–H groups in total. The van der Waals surface area contributed by atoms with Crippen LogP contribution in [-0.4, -0.2) is 23.5 Å². The largest absolute Gasteiger partial charge is 0.352 e. The summed E-state index contributed by atoms with van der Waals surface area (Å²) in [5.41, 5.74) is 1.18. The van der Waals surface area contributed by atoms with Crippen molar-refractivity contribution in [1.82, 2.24) is 5.32 Å². The quantitative estimate of drug-likeness (QED) is 0.891. The Morgan fingerprint density at radius 3 is 2.47 bits per heavy atom. The monoisotopic (exact) mass is 271 g/mol. The van der Waals surface area contributed by atoms with Crippen LogP contribution in [0.1, 0.15) is 19.4 Å². The summed E-state index contributed by atoms with van der Waals surface area (Å²) in [7, 11) is 0. The molecule has 0 aromatic heterocycles. The van der Waals surface area contributed by atoms with Gasteiger partial charge in [-0.05, 0) is 44.2 Å². The second-order valence-electron chi connectivity index (χ2n) is 4.12. The molecule has 94 valence electrons. The maximum Gasteiger partial charge on any atom is 0.233 e. The molecule has 0 saturated carbocycles. The van der Waals surface area contributed by atoms with Crippen LogP contribution in [-0.2, 0) is 11.2 Å². The van der Waals surface area contributed by atoms with Crippen molar-refractivity contribution in [2.75, 3.05) is 6.26 Å². The fourth-order valence-corrected chi connectivity index (χ4v) is 1.90. The fourth-order valence-electron chi connectivity index (χ4n) is 1.49. The Morgan fingerprint density at radius 1 is 1.35 bits per heavy atom. The van der Waals surface area contributed by atoms with Gasteiger partial charge in [-0.15, -0.1) is 0 Å². The highest BCUT2D eigenvalue weighted by atomic mass is 35.5. The summed E-state index contributed by atoms with van der Waals surface area (Å²) in [5.74, 6) is 0.0963. The lowest BCUT2D eigenvalue weighted by Gasteiger charge is -2.16. The zero-order valence-electron chi connectivity index (χ0n) is 10.4. The van der Waals surface area contributed by atoms with Crippen molar-refractivity contribution in [3.05, 3.63) is 34.9 Å². The fraction of sp³-hybridized carbons (Fsp3) is 0.462. The number of thioether (sulfide) groups is 1. The Balaban J connectivity index is 2.47. The standard InChI is InChI=1S/C13H18ClNOS/c1-9(15-13(16)10(2)17-3)8-11-4-6-12(14)7-5-11/h4-7,9-10H,8H2,1-3H3,(H,15,16)/t9-,10-/m1/s1. The highest BCUT2D eigenvalue weighted by Gasteiger charge is 2.13. The zero-order valence-corrected chi connectivity index (χ0v) is 11.9. The molecule has 1 aromatic rings. The van der Waals surface area contributed by atoms with Crippen LogP contribution in [0, 0.1) is 0 Å². The van der Waals surface area contributed by atoms with Crippen LogP contribution in [0.2, 0.25) is 5.02 Å². The van der Waals surface area contributed by atoms with E-state index in [1.54, 1.807) is 11.8 Å². The molecule has 0 aliphatic rings. The number of nitrogens with one attached hydrogen (secondary N) is 1. The maximum atomic E-state index is 11.7. The van der Waals surface area contributed by atoms with E-state index in [2.05, 4.69) is 5.32 Å². The number of rotatable bonds is 5. The van der Waals surface area contributed by atoms with Gasteiger partial charge in [0.2, 0.25) is 5.91 Å². The smallest absolute Gasteiger partial charge is 0.233 e. The SMILES string of the molecule is CS[C@H](C)C(=O)N[C@H](C)Cc1ccc(Cl)cc1. The van der Waals surface area contributed by atoms with Crippen LogP contribution in [0.25, 0.3) is 0 Å². The summed E-state index contributed by atoms with van der Waals surface area (Å²) in [4.78, 5) is 11.7. The molecule has 0 fully saturated rings. The molecule has 0 heterocycles.